The van der Waals surface area contributed by atoms with E-state index in [2.05, 4.69) is 5.10 Å². The number of rotatable bonds is 2. The van der Waals surface area contributed by atoms with Crippen LogP contribution >= 0.6 is 11.3 Å². The van der Waals surface area contributed by atoms with Crippen molar-refractivity contribution in [2.24, 2.45) is 12.8 Å². The van der Waals surface area contributed by atoms with Gasteiger partial charge in [0.15, 0.2) is 0 Å². The molecule has 0 aliphatic rings. The molecule has 5 heteroatoms. The number of amides is 1. The Hall–Kier alpha value is -1.62. The van der Waals surface area contributed by atoms with Crippen molar-refractivity contribution >= 4 is 17.2 Å². The van der Waals surface area contributed by atoms with Crippen LogP contribution in [0.5, 0.6) is 0 Å². The van der Waals surface area contributed by atoms with E-state index in [9.17, 15) is 4.79 Å². The molecule has 0 saturated carbocycles. The highest BCUT2D eigenvalue weighted by atomic mass is 32.1. The van der Waals surface area contributed by atoms with Crippen molar-refractivity contribution < 1.29 is 4.79 Å². The molecule has 1 amide bonds. The van der Waals surface area contributed by atoms with Crippen molar-refractivity contribution in [3.63, 3.8) is 0 Å². The molecule has 0 spiro atoms. The summed E-state index contributed by atoms with van der Waals surface area (Å²) in [5.41, 5.74) is 8.26. The second-order valence-corrected chi connectivity index (χ2v) is 5.02. The van der Waals surface area contributed by atoms with Crippen molar-refractivity contribution in [3.8, 4) is 11.3 Å². The predicted molar refractivity (Wildman–Crippen MR) is 64.5 cm³/mol. The fourth-order valence-corrected chi connectivity index (χ4v) is 2.67. The molecule has 0 aliphatic carbocycles. The molecule has 0 saturated heterocycles. The maximum Gasteiger partial charge on any atom is 0.259 e. The van der Waals surface area contributed by atoms with E-state index >= 15 is 0 Å². The maximum absolute atomic E-state index is 11.4. The number of aryl methyl sites for hydroxylation is 3. The first-order valence-electron chi connectivity index (χ1n) is 4.90. The van der Waals surface area contributed by atoms with E-state index in [1.165, 1.54) is 11.3 Å². The molecular formula is C11H13N3OS. The lowest BCUT2D eigenvalue weighted by Crippen LogP contribution is -2.10. The Morgan fingerprint density at radius 3 is 2.69 bits per heavy atom. The van der Waals surface area contributed by atoms with Gasteiger partial charge >= 0.3 is 0 Å². The van der Waals surface area contributed by atoms with Gasteiger partial charge in [0, 0.05) is 17.5 Å². The second-order valence-electron chi connectivity index (χ2n) is 3.76. The normalized spacial score (nSPS) is 10.7. The van der Waals surface area contributed by atoms with Crippen molar-refractivity contribution in [1.82, 2.24) is 9.78 Å². The summed E-state index contributed by atoms with van der Waals surface area (Å²) in [6.07, 6.45) is 1.78. The molecule has 0 aromatic carbocycles. The van der Waals surface area contributed by atoms with Gasteiger partial charge in [0.05, 0.1) is 11.9 Å². The van der Waals surface area contributed by atoms with Gasteiger partial charge in [0.2, 0.25) is 0 Å². The van der Waals surface area contributed by atoms with Crippen molar-refractivity contribution in [3.05, 3.63) is 27.6 Å². The summed E-state index contributed by atoms with van der Waals surface area (Å²) in [6.45, 7) is 3.94. The number of thiophene rings is 1. The van der Waals surface area contributed by atoms with Crippen LogP contribution in [-0.2, 0) is 7.05 Å². The molecule has 2 aromatic rings. The summed E-state index contributed by atoms with van der Waals surface area (Å²) in [5, 5.41) is 4.17. The SMILES string of the molecule is Cc1cc(-c2c(C)cnn2C)c(C(N)=O)s1. The van der Waals surface area contributed by atoms with Crippen molar-refractivity contribution in [2.45, 2.75) is 13.8 Å². The molecule has 4 nitrogen and oxygen atoms in total. The third kappa shape index (κ3) is 1.63. The van der Waals surface area contributed by atoms with Crippen LogP contribution in [0.25, 0.3) is 11.3 Å². The van der Waals surface area contributed by atoms with Crippen LogP contribution < -0.4 is 5.73 Å². The quantitative estimate of drug-likeness (QED) is 0.863. The zero-order chi connectivity index (χ0) is 11.9. The van der Waals surface area contributed by atoms with Crippen LogP contribution in [0.3, 0.4) is 0 Å². The van der Waals surface area contributed by atoms with Crippen LogP contribution in [0.1, 0.15) is 20.1 Å². The number of aromatic nitrogens is 2. The first kappa shape index (κ1) is 10.9. The van der Waals surface area contributed by atoms with Crippen LogP contribution in [0, 0.1) is 13.8 Å². The molecule has 0 fully saturated rings. The molecule has 2 N–H and O–H groups in total. The molecule has 2 aromatic heterocycles. The Morgan fingerprint density at radius 2 is 2.19 bits per heavy atom. The van der Waals surface area contributed by atoms with Gasteiger partial charge in [-0.05, 0) is 25.5 Å². The van der Waals surface area contributed by atoms with Gasteiger partial charge in [-0.15, -0.1) is 11.3 Å². The van der Waals surface area contributed by atoms with Gasteiger partial charge < -0.3 is 5.73 Å². The standard InChI is InChI=1S/C11H13N3OS/c1-6-5-13-14(3)9(6)8-4-7(2)16-10(8)11(12)15/h4-5H,1-3H3,(H2,12,15). The minimum absolute atomic E-state index is 0.381. The van der Waals surface area contributed by atoms with Gasteiger partial charge in [-0.3, -0.25) is 9.48 Å². The van der Waals surface area contributed by atoms with E-state index < -0.39 is 0 Å². The summed E-state index contributed by atoms with van der Waals surface area (Å²) < 4.78 is 1.77. The number of primary amides is 1. The largest absolute Gasteiger partial charge is 0.365 e. The second kappa shape index (κ2) is 3.75. The van der Waals surface area contributed by atoms with Gasteiger partial charge in [-0.1, -0.05) is 0 Å². The fraction of sp³-hybridized carbons (Fsp3) is 0.273. The molecule has 84 valence electrons. The van der Waals surface area contributed by atoms with Crippen LogP contribution in [0.15, 0.2) is 12.3 Å². The summed E-state index contributed by atoms with van der Waals surface area (Å²) in [6, 6.07) is 1.98. The maximum atomic E-state index is 11.4. The zero-order valence-electron chi connectivity index (χ0n) is 9.44. The highest BCUT2D eigenvalue weighted by molar-refractivity contribution is 7.14. The number of hydrogen-bond acceptors (Lipinski definition) is 3. The van der Waals surface area contributed by atoms with E-state index in [0.717, 1.165) is 21.7 Å². The predicted octanol–water partition coefficient (Wildman–Crippen LogP) is 1.86. The minimum atomic E-state index is -0.381. The van der Waals surface area contributed by atoms with E-state index in [1.54, 1.807) is 10.9 Å². The highest BCUT2D eigenvalue weighted by Gasteiger charge is 2.18. The number of carbonyl (C=O) groups is 1. The van der Waals surface area contributed by atoms with Crippen LogP contribution in [-0.4, -0.2) is 15.7 Å². The average molecular weight is 235 g/mol. The molecule has 2 heterocycles. The van der Waals surface area contributed by atoms with E-state index in [4.69, 9.17) is 5.73 Å². The van der Waals surface area contributed by atoms with E-state index in [0.29, 0.717) is 4.88 Å². The number of nitrogens with two attached hydrogens (primary N) is 1. The summed E-state index contributed by atoms with van der Waals surface area (Å²) in [4.78, 5) is 13.0. The monoisotopic (exact) mass is 235 g/mol. The Labute approximate surface area is 97.7 Å². The summed E-state index contributed by atoms with van der Waals surface area (Å²) >= 11 is 1.42. The fourth-order valence-electron chi connectivity index (χ4n) is 1.81. The first-order chi connectivity index (χ1) is 7.50. The first-order valence-corrected chi connectivity index (χ1v) is 5.71. The van der Waals surface area contributed by atoms with E-state index in [-0.39, 0.29) is 5.91 Å². The summed E-state index contributed by atoms with van der Waals surface area (Å²) in [7, 11) is 1.86. The Bertz CT molecular complexity index is 534. The zero-order valence-corrected chi connectivity index (χ0v) is 10.3. The Balaban J connectivity index is 2.68. The number of hydrogen-bond donors (Lipinski definition) is 1. The number of carbonyl (C=O) groups excluding carboxylic acids is 1. The van der Waals surface area contributed by atoms with Gasteiger partial charge in [0.1, 0.15) is 4.88 Å². The van der Waals surface area contributed by atoms with Gasteiger partial charge in [0.25, 0.3) is 5.91 Å². The molecule has 0 atom stereocenters. The Morgan fingerprint density at radius 1 is 1.50 bits per heavy atom. The lowest BCUT2D eigenvalue weighted by molar-refractivity contribution is 0.100. The number of nitrogens with zero attached hydrogens (tertiary/aromatic N) is 2. The molecule has 2 rings (SSSR count). The summed E-state index contributed by atoms with van der Waals surface area (Å²) in [5.74, 6) is -0.381. The smallest absolute Gasteiger partial charge is 0.259 e. The minimum Gasteiger partial charge on any atom is -0.365 e. The van der Waals surface area contributed by atoms with Gasteiger partial charge in [-0.25, -0.2) is 0 Å². The lowest BCUT2D eigenvalue weighted by Gasteiger charge is -2.03. The molecule has 0 bridgehead atoms. The van der Waals surface area contributed by atoms with Crippen LogP contribution in [0.4, 0.5) is 0 Å². The highest BCUT2D eigenvalue weighted by Crippen LogP contribution is 2.32. The third-order valence-corrected chi connectivity index (χ3v) is 3.52. The third-order valence-electron chi connectivity index (χ3n) is 2.46. The van der Waals surface area contributed by atoms with Gasteiger partial charge in [-0.2, -0.15) is 5.10 Å². The van der Waals surface area contributed by atoms with Crippen molar-refractivity contribution in [1.29, 1.82) is 0 Å². The molecule has 0 unspecified atom stereocenters. The molecule has 16 heavy (non-hydrogen) atoms. The topological polar surface area (TPSA) is 60.9 Å². The molecule has 0 radical (unpaired) electrons. The molecular weight excluding hydrogens is 222 g/mol. The average Bonchev–Trinajstić information content (AvgIpc) is 2.70. The van der Waals surface area contributed by atoms with E-state index in [1.807, 2.05) is 27.0 Å². The Kier molecular flexibility index (Phi) is 2.55. The molecule has 0 aliphatic heterocycles. The van der Waals surface area contributed by atoms with Crippen molar-refractivity contribution in [2.75, 3.05) is 0 Å². The lowest BCUT2D eigenvalue weighted by atomic mass is 10.1. The van der Waals surface area contributed by atoms with Crippen LogP contribution in [0.2, 0.25) is 0 Å².